The minimum absolute atomic E-state index is 0.120. The first-order chi connectivity index (χ1) is 13.6. The maximum Gasteiger partial charge on any atom is 0.251 e. The van der Waals surface area contributed by atoms with Crippen molar-refractivity contribution in [2.75, 3.05) is 18.2 Å². The first kappa shape index (κ1) is 18.3. The van der Waals surface area contributed by atoms with Gasteiger partial charge in [0.2, 0.25) is 0 Å². The molecule has 0 spiro atoms. The van der Waals surface area contributed by atoms with Crippen LogP contribution in [-0.2, 0) is 6.42 Å². The largest absolute Gasteiger partial charge is 0.394 e. The number of aromatic amines is 1. The maximum atomic E-state index is 12.6. The summed E-state index contributed by atoms with van der Waals surface area (Å²) in [6.07, 6.45) is 3.47. The summed E-state index contributed by atoms with van der Waals surface area (Å²) in [6.45, 7) is 2.77. The van der Waals surface area contributed by atoms with Gasteiger partial charge in [0, 0.05) is 41.3 Å². The first-order valence-electron chi connectivity index (χ1n) is 9.52. The van der Waals surface area contributed by atoms with Crippen LogP contribution in [-0.4, -0.2) is 40.9 Å². The quantitative estimate of drug-likeness (QED) is 0.618. The van der Waals surface area contributed by atoms with Crippen LogP contribution in [0.4, 0.5) is 5.69 Å². The number of carbonyl (C=O) groups excluding carboxylic acids is 1. The number of aliphatic hydroxyl groups excluding tert-OH is 1. The van der Waals surface area contributed by atoms with Crippen LogP contribution < -0.4 is 10.3 Å². The molecule has 0 fully saturated rings. The number of hydrogen-bond donors (Lipinski definition) is 3. The van der Waals surface area contributed by atoms with E-state index in [2.05, 4.69) is 15.4 Å². The van der Waals surface area contributed by atoms with E-state index in [9.17, 15) is 9.90 Å². The second kappa shape index (κ2) is 7.86. The monoisotopic (exact) mass is 376 g/mol. The number of benzene rings is 2. The molecule has 1 unspecified atom stereocenters. The van der Waals surface area contributed by atoms with Crippen molar-refractivity contribution >= 4 is 28.2 Å². The van der Waals surface area contributed by atoms with Gasteiger partial charge in [-0.3, -0.25) is 9.80 Å². The maximum absolute atomic E-state index is 12.6. The molecule has 4 rings (SSSR count). The lowest BCUT2D eigenvalue weighted by Gasteiger charge is -2.17. The number of para-hydroxylation sites is 1. The Morgan fingerprint density at radius 2 is 2.04 bits per heavy atom. The third-order valence-corrected chi connectivity index (χ3v) is 5.10. The van der Waals surface area contributed by atoms with Crippen molar-refractivity contribution in [2.45, 2.75) is 25.8 Å². The van der Waals surface area contributed by atoms with Crippen molar-refractivity contribution in [3.8, 4) is 0 Å². The second-order valence-electron chi connectivity index (χ2n) is 7.17. The topological polar surface area (TPSA) is 80.7 Å². The van der Waals surface area contributed by atoms with Gasteiger partial charge in [-0.05, 0) is 49.2 Å². The molecule has 1 aliphatic heterocycles. The number of nitrogens with zero attached hydrogens (tertiary/aromatic N) is 2. The molecule has 1 aromatic heterocycles. The molecule has 6 nitrogen and oxygen atoms in total. The summed E-state index contributed by atoms with van der Waals surface area (Å²) in [5, 5.41) is 20.2. The van der Waals surface area contributed by atoms with Crippen LogP contribution in [0.5, 0.6) is 0 Å². The van der Waals surface area contributed by atoms with E-state index in [0.29, 0.717) is 12.0 Å². The van der Waals surface area contributed by atoms with Crippen LogP contribution in [0.2, 0.25) is 0 Å². The Labute approximate surface area is 163 Å². The van der Waals surface area contributed by atoms with Crippen LogP contribution in [0, 0.1) is 0 Å². The van der Waals surface area contributed by atoms with Gasteiger partial charge in [0.05, 0.1) is 18.3 Å². The van der Waals surface area contributed by atoms with Crippen LogP contribution in [0.15, 0.2) is 59.8 Å². The molecular formula is C22H24N4O2. The van der Waals surface area contributed by atoms with Crippen LogP contribution in [0.25, 0.3) is 10.9 Å². The number of hydrazone groups is 1. The Morgan fingerprint density at radius 1 is 1.25 bits per heavy atom. The zero-order valence-corrected chi connectivity index (χ0v) is 15.9. The number of aromatic nitrogens is 1. The van der Waals surface area contributed by atoms with Gasteiger partial charge in [-0.2, -0.15) is 5.10 Å². The molecule has 2 aromatic carbocycles. The average molecular weight is 376 g/mol. The summed E-state index contributed by atoms with van der Waals surface area (Å²) in [4.78, 5) is 15.8. The van der Waals surface area contributed by atoms with Crippen molar-refractivity contribution in [1.29, 1.82) is 0 Å². The van der Waals surface area contributed by atoms with Crippen molar-refractivity contribution in [2.24, 2.45) is 5.10 Å². The number of amides is 1. The number of anilines is 1. The van der Waals surface area contributed by atoms with E-state index in [0.717, 1.165) is 40.8 Å². The summed E-state index contributed by atoms with van der Waals surface area (Å²) in [5.74, 6) is -0.188. The van der Waals surface area contributed by atoms with E-state index in [1.807, 2.05) is 54.5 Å². The van der Waals surface area contributed by atoms with Gasteiger partial charge in [0.1, 0.15) is 0 Å². The highest BCUT2D eigenvalue weighted by atomic mass is 16.3. The Kier molecular flexibility index (Phi) is 5.12. The average Bonchev–Trinajstić information content (AvgIpc) is 3.34. The molecule has 3 aromatic rings. The lowest BCUT2D eigenvalue weighted by molar-refractivity contribution is 0.0916. The number of carbonyl (C=O) groups is 1. The number of rotatable bonds is 6. The number of nitrogens with one attached hydrogen (secondary N) is 2. The molecule has 6 heteroatoms. The van der Waals surface area contributed by atoms with E-state index in [1.165, 1.54) is 0 Å². The van der Waals surface area contributed by atoms with Crippen LogP contribution in [0.1, 0.15) is 29.3 Å². The van der Waals surface area contributed by atoms with E-state index in [-0.39, 0.29) is 18.6 Å². The van der Waals surface area contributed by atoms with Crippen molar-refractivity contribution < 1.29 is 9.90 Å². The molecule has 144 valence electrons. The number of H-pyrrole nitrogens is 1. The van der Waals surface area contributed by atoms with Crippen molar-refractivity contribution in [3.63, 3.8) is 0 Å². The van der Waals surface area contributed by atoms with E-state index >= 15 is 0 Å². The number of aliphatic hydroxyl groups is 1. The van der Waals surface area contributed by atoms with Crippen molar-refractivity contribution in [3.05, 3.63) is 65.9 Å². The predicted octanol–water partition coefficient (Wildman–Crippen LogP) is 3.09. The predicted molar refractivity (Wildman–Crippen MR) is 112 cm³/mol. The fourth-order valence-electron chi connectivity index (χ4n) is 3.54. The zero-order chi connectivity index (χ0) is 19.5. The summed E-state index contributed by atoms with van der Waals surface area (Å²) in [5.41, 5.74) is 4.79. The Hall–Kier alpha value is -3.12. The molecule has 0 saturated heterocycles. The molecule has 1 amide bonds. The molecule has 0 aliphatic carbocycles. The minimum Gasteiger partial charge on any atom is -0.394 e. The van der Waals surface area contributed by atoms with Gasteiger partial charge in [-0.1, -0.05) is 18.2 Å². The molecule has 0 bridgehead atoms. The molecule has 1 aliphatic rings. The fraction of sp³-hybridized carbons (Fsp3) is 0.273. The standard InChI is InChI=1S/C22H24N4O2/c1-15-10-11-26(25-15)19-8-6-16(7-9-19)22(28)24-18(14-27)12-17-13-23-21-5-3-2-4-20(17)21/h2-9,13,18,23,27H,10-12,14H2,1H3,(H,24,28). The highest BCUT2D eigenvalue weighted by Crippen LogP contribution is 2.21. The lowest BCUT2D eigenvalue weighted by atomic mass is 10.0. The fourth-order valence-corrected chi connectivity index (χ4v) is 3.54. The molecular weight excluding hydrogens is 352 g/mol. The minimum atomic E-state index is -0.350. The molecule has 0 radical (unpaired) electrons. The van der Waals surface area contributed by atoms with Crippen molar-refractivity contribution in [1.82, 2.24) is 10.3 Å². The molecule has 3 N–H and O–H groups in total. The van der Waals surface area contributed by atoms with E-state index in [4.69, 9.17) is 0 Å². The van der Waals surface area contributed by atoms with E-state index < -0.39 is 0 Å². The Bertz CT molecular complexity index is 1010. The Morgan fingerprint density at radius 3 is 2.75 bits per heavy atom. The normalized spacial score (nSPS) is 14.9. The van der Waals surface area contributed by atoms with Gasteiger partial charge in [0.25, 0.3) is 5.91 Å². The molecule has 1 atom stereocenters. The second-order valence-corrected chi connectivity index (χ2v) is 7.17. The third-order valence-electron chi connectivity index (χ3n) is 5.10. The number of hydrogen-bond acceptors (Lipinski definition) is 4. The third kappa shape index (κ3) is 3.77. The summed E-state index contributed by atoms with van der Waals surface area (Å²) in [7, 11) is 0. The Balaban J connectivity index is 1.42. The highest BCUT2D eigenvalue weighted by molar-refractivity contribution is 5.95. The zero-order valence-electron chi connectivity index (χ0n) is 15.9. The lowest BCUT2D eigenvalue weighted by Crippen LogP contribution is -2.39. The number of fused-ring (bicyclic) bond motifs is 1. The first-order valence-corrected chi connectivity index (χ1v) is 9.52. The highest BCUT2D eigenvalue weighted by Gasteiger charge is 2.17. The summed E-state index contributed by atoms with van der Waals surface area (Å²) >= 11 is 0. The van der Waals surface area contributed by atoms with Gasteiger partial charge in [-0.15, -0.1) is 0 Å². The molecule has 0 saturated carbocycles. The van der Waals surface area contributed by atoms with E-state index in [1.54, 1.807) is 12.1 Å². The van der Waals surface area contributed by atoms with Gasteiger partial charge in [0.15, 0.2) is 0 Å². The van der Waals surface area contributed by atoms with Gasteiger partial charge < -0.3 is 15.4 Å². The SMILES string of the molecule is CC1=NN(c2ccc(C(=O)NC(CO)Cc3c[nH]c4ccccc34)cc2)CC1. The van der Waals surface area contributed by atoms with Gasteiger partial charge in [-0.25, -0.2) is 0 Å². The van der Waals surface area contributed by atoms with Crippen LogP contribution >= 0.6 is 0 Å². The smallest absolute Gasteiger partial charge is 0.251 e. The van der Waals surface area contributed by atoms with Crippen LogP contribution in [0.3, 0.4) is 0 Å². The molecule has 2 heterocycles. The van der Waals surface area contributed by atoms with Gasteiger partial charge >= 0.3 is 0 Å². The summed E-state index contributed by atoms with van der Waals surface area (Å²) < 4.78 is 0. The molecule has 28 heavy (non-hydrogen) atoms. The summed E-state index contributed by atoms with van der Waals surface area (Å²) in [6, 6.07) is 15.1.